The maximum absolute atomic E-state index is 10.4. The minimum atomic E-state index is -0.347. The molecule has 1 N–H and O–H groups in total. The van der Waals surface area contributed by atoms with Crippen LogP contribution >= 0.6 is 0 Å². The Hall–Kier alpha value is -1.37. The number of aliphatic hydroxyl groups excluding tert-OH is 1. The van der Waals surface area contributed by atoms with Gasteiger partial charge < -0.3 is 5.11 Å². The molecule has 1 fully saturated rings. The van der Waals surface area contributed by atoms with E-state index in [1.807, 2.05) is 5.94 Å². The van der Waals surface area contributed by atoms with Gasteiger partial charge in [0.05, 0.1) is 6.10 Å². The van der Waals surface area contributed by atoms with Gasteiger partial charge in [-0.05, 0) is 56.2 Å². The number of carbonyl (C=O) groups excluding carboxylic acids is 1. The molecule has 0 heterocycles. The minimum absolute atomic E-state index is 0.153. The Morgan fingerprint density at radius 2 is 1.83 bits per heavy atom. The van der Waals surface area contributed by atoms with Gasteiger partial charge in [0.1, 0.15) is 5.94 Å². The predicted octanol–water partition coefficient (Wildman–Crippen LogP) is 2.85. The molecule has 0 amide bonds. The first-order chi connectivity index (χ1) is 8.52. The van der Waals surface area contributed by atoms with E-state index in [2.05, 4.69) is 32.9 Å². The molecule has 2 rings (SSSR count). The van der Waals surface area contributed by atoms with E-state index in [1.54, 1.807) is 6.08 Å². The van der Waals surface area contributed by atoms with Crippen molar-refractivity contribution in [2.24, 2.45) is 5.92 Å². The number of rotatable bonds is 2. The van der Waals surface area contributed by atoms with E-state index >= 15 is 0 Å². The molecule has 0 spiro atoms. The smallest absolute Gasteiger partial charge is 0.120 e. The van der Waals surface area contributed by atoms with Crippen molar-refractivity contribution >= 4 is 5.94 Å². The number of aliphatic hydroxyl groups is 1. The molecule has 2 nitrogen and oxygen atoms in total. The molecule has 1 aliphatic rings. The van der Waals surface area contributed by atoms with Crippen LogP contribution in [0.15, 0.2) is 18.2 Å². The number of benzene rings is 1. The van der Waals surface area contributed by atoms with Gasteiger partial charge in [0.2, 0.25) is 0 Å². The summed E-state index contributed by atoms with van der Waals surface area (Å²) in [6, 6.07) is 4.33. The second kappa shape index (κ2) is 5.09. The van der Waals surface area contributed by atoms with Gasteiger partial charge in [0, 0.05) is 12.0 Å². The van der Waals surface area contributed by atoms with Crippen LogP contribution in [-0.4, -0.2) is 17.2 Å². The van der Waals surface area contributed by atoms with Crippen LogP contribution in [0, 0.1) is 26.7 Å². The zero-order valence-electron chi connectivity index (χ0n) is 11.2. The predicted molar refractivity (Wildman–Crippen MR) is 72.4 cm³/mol. The topological polar surface area (TPSA) is 37.3 Å². The van der Waals surface area contributed by atoms with Gasteiger partial charge in [-0.25, -0.2) is 4.79 Å². The molecule has 0 saturated heterocycles. The van der Waals surface area contributed by atoms with Crippen molar-refractivity contribution in [3.63, 3.8) is 0 Å². The van der Waals surface area contributed by atoms with Crippen molar-refractivity contribution in [2.75, 3.05) is 0 Å². The summed E-state index contributed by atoms with van der Waals surface area (Å²) in [5.41, 5.74) is 5.00. The molecule has 0 radical (unpaired) electrons. The molecule has 96 valence electrons. The summed E-state index contributed by atoms with van der Waals surface area (Å²) in [6.45, 7) is 6.29. The first-order valence-electron chi connectivity index (χ1n) is 6.49. The second-order valence-electron chi connectivity index (χ2n) is 5.50. The van der Waals surface area contributed by atoms with E-state index in [4.69, 9.17) is 0 Å². The SMILES string of the molecule is Cc1cc(C)c(C2CC(C=C=O)CC2O)c(C)c1. The van der Waals surface area contributed by atoms with Crippen molar-refractivity contribution in [3.05, 3.63) is 40.5 Å². The zero-order valence-corrected chi connectivity index (χ0v) is 11.2. The minimum Gasteiger partial charge on any atom is -0.392 e. The highest BCUT2D eigenvalue weighted by Gasteiger charge is 2.34. The quantitative estimate of drug-likeness (QED) is 0.812. The monoisotopic (exact) mass is 244 g/mol. The van der Waals surface area contributed by atoms with Gasteiger partial charge in [-0.2, -0.15) is 0 Å². The number of allylic oxidation sites excluding steroid dienone is 1. The Morgan fingerprint density at radius 3 is 2.39 bits per heavy atom. The standard InChI is InChI=1S/C16H20O2/c1-10-6-11(2)16(12(3)7-10)14-8-13(4-5-17)9-15(14)18/h4,6-7,13-15,18H,8-9H2,1-3H3. The largest absolute Gasteiger partial charge is 0.392 e. The maximum atomic E-state index is 10.4. The number of hydrogen-bond donors (Lipinski definition) is 1. The third-order valence-corrected chi connectivity index (χ3v) is 3.98. The van der Waals surface area contributed by atoms with Crippen LogP contribution in [0.1, 0.15) is 41.0 Å². The lowest BCUT2D eigenvalue weighted by Gasteiger charge is -2.20. The van der Waals surface area contributed by atoms with Gasteiger partial charge in [0.25, 0.3) is 0 Å². The first-order valence-corrected chi connectivity index (χ1v) is 6.49. The summed E-state index contributed by atoms with van der Waals surface area (Å²) < 4.78 is 0. The van der Waals surface area contributed by atoms with Crippen LogP contribution in [0.4, 0.5) is 0 Å². The Balaban J connectivity index is 2.35. The normalized spacial score (nSPS) is 27.0. The highest BCUT2D eigenvalue weighted by atomic mass is 16.3. The van der Waals surface area contributed by atoms with E-state index in [1.165, 1.54) is 22.3 Å². The summed E-state index contributed by atoms with van der Waals surface area (Å²) in [6.07, 6.45) is 2.73. The van der Waals surface area contributed by atoms with Gasteiger partial charge >= 0.3 is 0 Å². The van der Waals surface area contributed by atoms with Crippen molar-refractivity contribution < 1.29 is 9.90 Å². The Bertz CT molecular complexity index is 475. The van der Waals surface area contributed by atoms with Crippen LogP contribution in [0.2, 0.25) is 0 Å². The van der Waals surface area contributed by atoms with E-state index in [0.717, 1.165) is 6.42 Å². The molecule has 1 aromatic rings. The van der Waals surface area contributed by atoms with Crippen LogP contribution in [0.25, 0.3) is 0 Å². The Kier molecular flexibility index (Phi) is 3.70. The van der Waals surface area contributed by atoms with Crippen molar-refractivity contribution in [1.82, 2.24) is 0 Å². The van der Waals surface area contributed by atoms with E-state index < -0.39 is 0 Å². The molecule has 1 aromatic carbocycles. The summed E-state index contributed by atoms with van der Waals surface area (Å²) in [5, 5.41) is 10.2. The van der Waals surface area contributed by atoms with Gasteiger partial charge in [-0.1, -0.05) is 17.7 Å². The Morgan fingerprint density at radius 1 is 1.22 bits per heavy atom. The molecule has 3 unspecified atom stereocenters. The lowest BCUT2D eigenvalue weighted by atomic mass is 9.87. The zero-order chi connectivity index (χ0) is 13.3. The molecule has 0 bridgehead atoms. The van der Waals surface area contributed by atoms with Gasteiger partial charge in [0.15, 0.2) is 0 Å². The lowest BCUT2D eigenvalue weighted by Crippen LogP contribution is -2.13. The summed E-state index contributed by atoms with van der Waals surface area (Å²) in [4.78, 5) is 10.4. The van der Waals surface area contributed by atoms with E-state index in [9.17, 15) is 9.90 Å². The van der Waals surface area contributed by atoms with E-state index in [-0.39, 0.29) is 17.9 Å². The van der Waals surface area contributed by atoms with Crippen LogP contribution in [0.5, 0.6) is 0 Å². The van der Waals surface area contributed by atoms with Gasteiger partial charge in [-0.3, -0.25) is 0 Å². The average molecular weight is 244 g/mol. The van der Waals surface area contributed by atoms with Crippen molar-refractivity contribution in [2.45, 2.75) is 45.6 Å². The highest BCUT2D eigenvalue weighted by molar-refractivity contribution is 5.47. The fourth-order valence-corrected chi connectivity index (χ4v) is 3.37. The summed E-state index contributed by atoms with van der Waals surface area (Å²) in [7, 11) is 0. The lowest BCUT2D eigenvalue weighted by molar-refractivity contribution is 0.161. The number of aryl methyl sites for hydroxylation is 3. The summed E-state index contributed by atoms with van der Waals surface area (Å²) in [5.74, 6) is 2.18. The van der Waals surface area contributed by atoms with E-state index in [0.29, 0.717) is 6.42 Å². The van der Waals surface area contributed by atoms with Crippen molar-refractivity contribution in [3.8, 4) is 0 Å². The molecular weight excluding hydrogens is 224 g/mol. The van der Waals surface area contributed by atoms with Crippen LogP contribution in [-0.2, 0) is 4.79 Å². The third kappa shape index (κ3) is 2.40. The maximum Gasteiger partial charge on any atom is 0.120 e. The molecule has 3 atom stereocenters. The van der Waals surface area contributed by atoms with Crippen LogP contribution in [0.3, 0.4) is 0 Å². The third-order valence-electron chi connectivity index (χ3n) is 3.98. The molecule has 18 heavy (non-hydrogen) atoms. The van der Waals surface area contributed by atoms with Crippen LogP contribution < -0.4 is 0 Å². The average Bonchev–Trinajstić information content (AvgIpc) is 2.59. The number of hydrogen-bond acceptors (Lipinski definition) is 2. The molecule has 0 aromatic heterocycles. The molecule has 1 aliphatic carbocycles. The second-order valence-corrected chi connectivity index (χ2v) is 5.50. The molecule has 1 saturated carbocycles. The van der Waals surface area contributed by atoms with Crippen molar-refractivity contribution in [1.29, 1.82) is 0 Å². The Labute approximate surface area is 108 Å². The summed E-state index contributed by atoms with van der Waals surface area (Å²) >= 11 is 0. The molecule has 2 heteroatoms. The molecular formula is C16H20O2. The fraction of sp³-hybridized carbons (Fsp3) is 0.500. The highest BCUT2D eigenvalue weighted by Crippen LogP contribution is 2.41. The molecule has 0 aliphatic heterocycles. The first kappa shape index (κ1) is 13.1. The van der Waals surface area contributed by atoms with Gasteiger partial charge in [-0.15, -0.1) is 0 Å². The fourth-order valence-electron chi connectivity index (χ4n) is 3.37.